The van der Waals surface area contributed by atoms with E-state index in [1.165, 1.54) is 30.6 Å². The molecule has 1 aliphatic carbocycles. The van der Waals surface area contributed by atoms with E-state index in [4.69, 9.17) is 0 Å². The molecule has 4 heteroatoms. The van der Waals surface area contributed by atoms with E-state index in [0.29, 0.717) is 5.92 Å². The minimum absolute atomic E-state index is 0.0314. The summed E-state index contributed by atoms with van der Waals surface area (Å²) in [5, 5.41) is 8.71. The highest BCUT2D eigenvalue weighted by Gasteiger charge is 2.31. The first-order chi connectivity index (χ1) is 9.34. The first kappa shape index (κ1) is 13.1. The van der Waals surface area contributed by atoms with Crippen LogP contribution >= 0.6 is 11.3 Å². The van der Waals surface area contributed by atoms with Crippen LogP contribution in [0.5, 0.6) is 0 Å². The summed E-state index contributed by atoms with van der Waals surface area (Å²) < 4.78 is 0. The minimum atomic E-state index is 0.0314. The molecule has 1 aliphatic heterocycles. The molecule has 2 aliphatic rings. The van der Waals surface area contributed by atoms with Crippen LogP contribution in [0.2, 0.25) is 0 Å². The standard InChI is InChI=1S/C15H22N2OS/c18-15(12-7-3-9-16-12)17-14(11-5-1-2-6-11)13-8-4-10-19-13/h4,8,10-12,14,16H,1-3,5-7,9H2,(H,17,18)/t12-,14?/m1/s1. The second-order valence-electron chi connectivity index (χ2n) is 5.70. The van der Waals surface area contributed by atoms with Gasteiger partial charge in [0.1, 0.15) is 0 Å². The van der Waals surface area contributed by atoms with Gasteiger partial charge in [0.15, 0.2) is 0 Å². The van der Waals surface area contributed by atoms with Gasteiger partial charge in [-0.15, -0.1) is 11.3 Å². The largest absolute Gasteiger partial charge is 0.347 e. The van der Waals surface area contributed by atoms with Crippen LogP contribution in [-0.2, 0) is 4.79 Å². The molecule has 0 bridgehead atoms. The fourth-order valence-corrected chi connectivity index (χ4v) is 4.21. The third-order valence-corrected chi connectivity index (χ3v) is 5.35. The maximum absolute atomic E-state index is 12.3. The quantitative estimate of drug-likeness (QED) is 0.889. The summed E-state index contributed by atoms with van der Waals surface area (Å²) in [5.41, 5.74) is 0. The fourth-order valence-electron chi connectivity index (χ4n) is 3.34. The molecular weight excluding hydrogens is 256 g/mol. The van der Waals surface area contributed by atoms with Crippen LogP contribution in [0.3, 0.4) is 0 Å². The Morgan fingerprint density at radius 3 is 2.79 bits per heavy atom. The molecule has 3 nitrogen and oxygen atoms in total. The van der Waals surface area contributed by atoms with E-state index < -0.39 is 0 Å². The Bertz CT molecular complexity index is 406. The van der Waals surface area contributed by atoms with Gasteiger partial charge in [-0.2, -0.15) is 0 Å². The van der Waals surface area contributed by atoms with E-state index in [2.05, 4.69) is 28.1 Å². The van der Waals surface area contributed by atoms with Gasteiger partial charge in [0, 0.05) is 4.88 Å². The van der Waals surface area contributed by atoms with Crippen molar-refractivity contribution in [3.05, 3.63) is 22.4 Å². The molecule has 2 heterocycles. The van der Waals surface area contributed by atoms with E-state index in [1.54, 1.807) is 11.3 Å². The van der Waals surface area contributed by atoms with Crippen LogP contribution in [0.4, 0.5) is 0 Å². The summed E-state index contributed by atoms with van der Waals surface area (Å²) >= 11 is 1.77. The zero-order valence-electron chi connectivity index (χ0n) is 11.2. The number of nitrogens with one attached hydrogen (secondary N) is 2. The lowest BCUT2D eigenvalue weighted by atomic mass is 9.96. The monoisotopic (exact) mass is 278 g/mol. The molecule has 1 unspecified atom stereocenters. The summed E-state index contributed by atoms with van der Waals surface area (Å²) in [4.78, 5) is 13.7. The van der Waals surface area contributed by atoms with Crippen molar-refractivity contribution in [1.82, 2.24) is 10.6 Å². The molecule has 1 saturated heterocycles. The van der Waals surface area contributed by atoms with E-state index in [9.17, 15) is 4.79 Å². The van der Waals surface area contributed by atoms with Crippen molar-refractivity contribution in [2.45, 2.75) is 50.6 Å². The molecule has 1 saturated carbocycles. The predicted molar refractivity (Wildman–Crippen MR) is 78.2 cm³/mol. The lowest BCUT2D eigenvalue weighted by Crippen LogP contribution is -2.43. The SMILES string of the molecule is O=C(NC(c1cccs1)C1CCCC1)[C@H]1CCCN1. The van der Waals surface area contributed by atoms with E-state index in [-0.39, 0.29) is 18.0 Å². The first-order valence-corrected chi connectivity index (χ1v) is 8.30. The number of thiophene rings is 1. The van der Waals surface area contributed by atoms with Crippen molar-refractivity contribution in [3.63, 3.8) is 0 Å². The normalized spacial score (nSPS) is 25.6. The van der Waals surface area contributed by atoms with E-state index in [0.717, 1.165) is 19.4 Å². The number of rotatable bonds is 4. The van der Waals surface area contributed by atoms with Crippen molar-refractivity contribution in [2.24, 2.45) is 5.92 Å². The van der Waals surface area contributed by atoms with Gasteiger partial charge in [-0.25, -0.2) is 0 Å². The number of carbonyl (C=O) groups excluding carboxylic acids is 1. The van der Waals surface area contributed by atoms with Gasteiger partial charge in [0.05, 0.1) is 12.1 Å². The van der Waals surface area contributed by atoms with Gasteiger partial charge < -0.3 is 10.6 Å². The number of hydrogen-bond acceptors (Lipinski definition) is 3. The molecule has 1 aromatic heterocycles. The lowest BCUT2D eigenvalue weighted by Gasteiger charge is -2.25. The minimum Gasteiger partial charge on any atom is -0.347 e. The molecule has 2 fully saturated rings. The number of amides is 1. The summed E-state index contributed by atoms with van der Waals surface area (Å²) in [7, 11) is 0. The molecule has 0 spiro atoms. The van der Waals surface area contributed by atoms with Crippen molar-refractivity contribution in [2.75, 3.05) is 6.54 Å². The maximum atomic E-state index is 12.3. The topological polar surface area (TPSA) is 41.1 Å². The summed E-state index contributed by atoms with van der Waals surface area (Å²) in [6, 6.07) is 4.51. The molecule has 0 aromatic carbocycles. The maximum Gasteiger partial charge on any atom is 0.237 e. The Hall–Kier alpha value is -0.870. The number of hydrogen-bond donors (Lipinski definition) is 2. The second kappa shape index (κ2) is 6.06. The van der Waals surface area contributed by atoms with Crippen LogP contribution in [0.25, 0.3) is 0 Å². The van der Waals surface area contributed by atoms with Gasteiger partial charge in [0.25, 0.3) is 0 Å². The molecule has 19 heavy (non-hydrogen) atoms. The van der Waals surface area contributed by atoms with Gasteiger partial charge in [-0.3, -0.25) is 4.79 Å². The van der Waals surface area contributed by atoms with Crippen molar-refractivity contribution in [1.29, 1.82) is 0 Å². The Labute approximate surface area is 118 Å². The van der Waals surface area contributed by atoms with Gasteiger partial charge in [0.2, 0.25) is 5.91 Å². The highest BCUT2D eigenvalue weighted by molar-refractivity contribution is 7.10. The van der Waals surface area contributed by atoms with Gasteiger partial charge in [-0.1, -0.05) is 18.9 Å². The van der Waals surface area contributed by atoms with Crippen molar-refractivity contribution in [3.8, 4) is 0 Å². The summed E-state index contributed by atoms with van der Waals surface area (Å²) in [5.74, 6) is 0.826. The smallest absolute Gasteiger partial charge is 0.237 e. The first-order valence-electron chi connectivity index (χ1n) is 7.42. The van der Waals surface area contributed by atoms with Crippen LogP contribution in [0.1, 0.15) is 49.4 Å². The fraction of sp³-hybridized carbons (Fsp3) is 0.667. The third kappa shape index (κ3) is 3.00. The van der Waals surface area contributed by atoms with E-state index in [1.807, 2.05) is 0 Å². The summed E-state index contributed by atoms with van der Waals surface area (Å²) in [6.45, 7) is 0.977. The molecule has 2 atom stereocenters. The average Bonchev–Trinajstić information content (AvgIpc) is 3.17. The van der Waals surface area contributed by atoms with Crippen LogP contribution < -0.4 is 10.6 Å². The Morgan fingerprint density at radius 1 is 1.32 bits per heavy atom. The summed E-state index contributed by atoms with van der Waals surface area (Å²) in [6.07, 6.45) is 7.22. The van der Waals surface area contributed by atoms with Crippen molar-refractivity contribution < 1.29 is 4.79 Å². The van der Waals surface area contributed by atoms with Gasteiger partial charge >= 0.3 is 0 Å². The number of carbonyl (C=O) groups is 1. The van der Waals surface area contributed by atoms with Gasteiger partial charge in [-0.05, 0) is 49.6 Å². The Balaban J connectivity index is 1.69. The highest BCUT2D eigenvalue weighted by Crippen LogP contribution is 2.37. The zero-order valence-corrected chi connectivity index (χ0v) is 12.0. The third-order valence-electron chi connectivity index (χ3n) is 4.40. The van der Waals surface area contributed by atoms with E-state index >= 15 is 0 Å². The zero-order chi connectivity index (χ0) is 13.1. The Kier molecular flexibility index (Phi) is 4.18. The molecule has 1 amide bonds. The lowest BCUT2D eigenvalue weighted by molar-refractivity contribution is -0.123. The molecule has 2 N–H and O–H groups in total. The Morgan fingerprint density at radius 2 is 2.16 bits per heavy atom. The van der Waals surface area contributed by atoms with Crippen LogP contribution in [0.15, 0.2) is 17.5 Å². The van der Waals surface area contributed by atoms with Crippen LogP contribution in [-0.4, -0.2) is 18.5 Å². The average molecular weight is 278 g/mol. The molecule has 1 aromatic rings. The molecule has 0 radical (unpaired) electrons. The molecular formula is C15H22N2OS. The molecule has 104 valence electrons. The predicted octanol–water partition coefficient (Wildman–Crippen LogP) is 2.85. The molecule has 3 rings (SSSR count). The van der Waals surface area contributed by atoms with Crippen molar-refractivity contribution >= 4 is 17.2 Å². The van der Waals surface area contributed by atoms with Crippen LogP contribution in [0, 0.1) is 5.92 Å². The highest BCUT2D eigenvalue weighted by atomic mass is 32.1. The second-order valence-corrected chi connectivity index (χ2v) is 6.67.